The van der Waals surface area contributed by atoms with E-state index < -0.39 is 0 Å². The van der Waals surface area contributed by atoms with Crippen LogP contribution < -0.4 is 28.2 Å². The average molecular weight is 355 g/mol. The van der Waals surface area contributed by atoms with Crippen LogP contribution in [0.4, 0.5) is 5.69 Å². The van der Waals surface area contributed by atoms with Crippen LogP contribution >= 0.6 is 11.6 Å². The third-order valence-electron chi connectivity index (χ3n) is 3.15. The van der Waals surface area contributed by atoms with Gasteiger partial charge in [0.05, 0.1) is 5.56 Å². The number of hydrogen-bond donors (Lipinski definition) is 2. The first-order valence-electron chi connectivity index (χ1n) is 7.27. The number of nitrogens with one attached hydrogen (secondary N) is 1. The van der Waals surface area contributed by atoms with Gasteiger partial charge in [-0.25, -0.2) is 0 Å². The van der Waals surface area contributed by atoms with Crippen molar-refractivity contribution in [1.29, 1.82) is 0 Å². The van der Waals surface area contributed by atoms with Gasteiger partial charge >= 0.3 is 0 Å². The Hall–Kier alpha value is -1.75. The number of unbranched alkanes of at least 4 members (excludes halogenated alkanes) is 1. The lowest BCUT2D eigenvalue weighted by Gasteiger charge is -2.11. The highest BCUT2D eigenvalue weighted by molar-refractivity contribution is 6.30. The molecule has 4 N–H and O–H groups in total. The molecule has 0 spiro atoms. The summed E-state index contributed by atoms with van der Waals surface area (Å²) in [6, 6.07) is 12.3. The molecule has 0 aliphatic carbocycles. The number of hydrogen-bond acceptors (Lipinski definition) is 2. The molecule has 0 aliphatic rings. The molecule has 124 valence electrons. The lowest BCUT2D eigenvalue weighted by Crippen LogP contribution is -3.00. The molecule has 4 nitrogen and oxygen atoms in total. The molecule has 23 heavy (non-hydrogen) atoms. The fourth-order valence-electron chi connectivity index (χ4n) is 1.95. The highest BCUT2D eigenvalue weighted by Crippen LogP contribution is 2.27. The zero-order chi connectivity index (χ0) is 15.9. The molecule has 0 saturated carbocycles. The Labute approximate surface area is 147 Å². The molecule has 0 saturated heterocycles. The number of carbonyl (C=O) groups excluding carboxylic acids is 1. The Kier molecular flexibility index (Phi) is 7.89. The van der Waals surface area contributed by atoms with E-state index in [0.29, 0.717) is 28.6 Å². The molecule has 0 aliphatic heterocycles. The van der Waals surface area contributed by atoms with E-state index in [2.05, 4.69) is 18.0 Å². The van der Waals surface area contributed by atoms with Crippen LogP contribution in [0.1, 0.15) is 30.1 Å². The molecule has 0 fully saturated rings. The molecule has 2 aromatic rings. The van der Waals surface area contributed by atoms with Gasteiger partial charge in [0.2, 0.25) is 0 Å². The number of amides is 1. The van der Waals surface area contributed by atoms with Crippen molar-refractivity contribution in [2.75, 3.05) is 6.54 Å². The Balaban J connectivity index is 0.00000264. The van der Waals surface area contributed by atoms with Gasteiger partial charge in [0.1, 0.15) is 17.2 Å². The lowest BCUT2D eigenvalue weighted by molar-refractivity contribution is -0.254. The van der Waals surface area contributed by atoms with Crippen LogP contribution in [0.3, 0.4) is 0 Å². The summed E-state index contributed by atoms with van der Waals surface area (Å²) in [6.07, 6.45) is 1.98. The largest absolute Gasteiger partial charge is 1.00 e. The van der Waals surface area contributed by atoms with Crippen molar-refractivity contribution in [2.24, 2.45) is 0 Å². The second-order valence-electron chi connectivity index (χ2n) is 5.00. The van der Waals surface area contributed by atoms with E-state index in [4.69, 9.17) is 16.3 Å². The van der Waals surface area contributed by atoms with Crippen molar-refractivity contribution in [3.05, 3.63) is 53.1 Å². The zero-order valence-corrected chi connectivity index (χ0v) is 14.5. The van der Waals surface area contributed by atoms with Crippen LogP contribution in [-0.4, -0.2) is 12.5 Å². The maximum atomic E-state index is 12.3. The number of rotatable bonds is 6. The molecule has 0 radical (unpaired) electrons. The SMILES string of the molecule is CCCCNC(=O)c1cc([NH3+])ccc1Oc1ccc(Cl)cc1.[Cl-]. The third-order valence-corrected chi connectivity index (χ3v) is 3.40. The van der Waals surface area contributed by atoms with Gasteiger partial charge in [-0.05, 0) is 36.8 Å². The van der Waals surface area contributed by atoms with Gasteiger partial charge in [-0.1, -0.05) is 24.9 Å². The predicted octanol–water partition coefficient (Wildman–Crippen LogP) is 0.540. The maximum absolute atomic E-state index is 12.3. The molecular weight excluding hydrogens is 335 g/mol. The van der Waals surface area contributed by atoms with Crippen molar-refractivity contribution in [3.63, 3.8) is 0 Å². The summed E-state index contributed by atoms with van der Waals surface area (Å²) in [5.41, 5.74) is 5.12. The Morgan fingerprint density at radius 1 is 1.22 bits per heavy atom. The van der Waals surface area contributed by atoms with E-state index in [-0.39, 0.29) is 18.3 Å². The van der Waals surface area contributed by atoms with Crippen LogP contribution in [0.5, 0.6) is 11.5 Å². The summed E-state index contributed by atoms with van der Waals surface area (Å²) in [5, 5.41) is 3.53. The lowest BCUT2D eigenvalue weighted by atomic mass is 10.1. The number of ether oxygens (including phenoxy) is 1. The maximum Gasteiger partial charge on any atom is 0.255 e. The van der Waals surface area contributed by atoms with Crippen LogP contribution in [0, 0.1) is 0 Å². The van der Waals surface area contributed by atoms with Crippen molar-refractivity contribution < 1.29 is 27.7 Å². The van der Waals surface area contributed by atoms with Crippen LogP contribution in [0.25, 0.3) is 0 Å². The molecule has 2 rings (SSSR count). The van der Waals surface area contributed by atoms with Crippen molar-refractivity contribution in [3.8, 4) is 11.5 Å². The molecule has 0 unspecified atom stereocenters. The summed E-state index contributed by atoms with van der Waals surface area (Å²) in [4.78, 5) is 12.3. The molecule has 0 heterocycles. The van der Waals surface area contributed by atoms with Gasteiger partial charge in [0.15, 0.2) is 0 Å². The molecule has 0 aromatic heterocycles. The smallest absolute Gasteiger partial charge is 0.255 e. The first-order valence-corrected chi connectivity index (χ1v) is 7.65. The minimum Gasteiger partial charge on any atom is -1.00 e. The van der Waals surface area contributed by atoms with E-state index in [1.165, 1.54) is 0 Å². The Morgan fingerprint density at radius 2 is 1.91 bits per heavy atom. The van der Waals surface area contributed by atoms with Gasteiger partial charge in [-0.3, -0.25) is 4.79 Å². The molecule has 0 bridgehead atoms. The molecule has 1 amide bonds. The molecule has 2 aromatic carbocycles. The van der Waals surface area contributed by atoms with Crippen molar-refractivity contribution >= 4 is 23.2 Å². The minimum absolute atomic E-state index is 0. The second-order valence-corrected chi connectivity index (χ2v) is 5.43. The predicted molar refractivity (Wildman–Crippen MR) is 87.8 cm³/mol. The molecular formula is C17H20Cl2N2O2. The molecule has 6 heteroatoms. The van der Waals surface area contributed by atoms with Crippen molar-refractivity contribution in [2.45, 2.75) is 19.8 Å². The van der Waals surface area contributed by atoms with Gasteiger partial charge in [-0.2, -0.15) is 0 Å². The van der Waals surface area contributed by atoms with Crippen molar-refractivity contribution in [1.82, 2.24) is 5.32 Å². The monoisotopic (exact) mass is 354 g/mol. The normalized spacial score (nSPS) is 9.87. The highest BCUT2D eigenvalue weighted by Gasteiger charge is 2.14. The van der Waals surface area contributed by atoms with E-state index in [9.17, 15) is 4.79 Å². The minimum atomic E-state index is -0.150. The van der Waals surface area contributed by atoms with Gasteiger partial charge in [0, 0.05) is 23.7 Å². The van der Waals surface area contributed by atoms with Gasteiger partial charge in [-0.15, -0.1) is 0 Å². The first-order chi connectivity index (χ1) is 10.6. The number of benzene rings is 2. The van der Waals surface area contributed by atoms with E-state index in [1.807, 2.05) is 6.07 Å². The van der Waals surface area contributed by atoms with Crippen LogP contribution in [0.2, 0.25) is 5.02 Å². The Morgan fingerprint density at radius 3 is 2.57 bits per heavy atom. The fraction of sp³-hybridized carbons (Fsp3) is 0.235. The zero-order valence-electron chi connectivity index (χ0n) is 12.9. The van der Waals surface area contributed by atoms with Gasteiger partial charge < -0.3 is 28.2 Å². The summed E-state index contributed by atoms with van der Waals surface area (Å²) >= 11 is 5.86. The molecule has 0 atom stereocenters. The summed E-state index contributed by atoms with van der Waals surface area (Å²) in [6.45, 7) is 2.73. The standard InChI is InChI=1S/C17H19ClN2O2.ClH/c1-2-3-10-20-17(21)15-11-13(19)6-9-16(15)22-14-7-4-12(18)5-8-14;/h4-9,11H,2-3,10,19H2,1H3,(H,20,21);1H. The number of quaternary nitrogens is 1. The van der Waals surface area contributed by atoms with Crippen LogP contribution in [0.15, 0.2) is 42.5 Å². The number of halogens is 2. The average Bonchev–Trinajstić information content (AvgIpc) is 2.51. The second kappa shape index (κ2) is 9.40. The summed E-state index contributed by atoms with van der Waals surface area (Å²) in [5.74, 6) is 0.982. The van der Waals surface area contributed by atoms with Crippen LogP contribution in [-0.2, 0) is 0 Å². The first kappa shape index (κ1) is 19.3. The summed E-state index contributed by atoms with van der Waals surface area (Å²) < 4.78 is 5.80. The number of carbonyl (C=O) groups is 1. The highest BCUT2D eigenvalue weighted by atomic mass is 35.5. The third kappa shape index (κ3) is 5.75. The van der Waals surface area contributed by atoms with E-state index in [0.717, 1.165) is 18.5 Å². The van der Waals surface area contributed by atoms with E-state index in [1.54, 1.807) is 36.4 Å². The van der Waals surface area contributed by atoms with Gasteiger partial charge in [0.25, 0.3) is 5.91 Å². The topological polar surface area (TPSA) is 66.0 Å². The van der Waals surface area contributed by atoms with E-state index >= 15 is 0 Å². The summed E-state index contributed by atoms with van der Waals surface area (Å²) in [7, 11) is 0. The quantitative estimate of drug-likeness (QED) is 0.743. The fourth-order valence-corrected chi connectivity index (χ4v) is 2.07. The Bertz CT molecular complexity index is 646.